The molecule has 1 atom stereocenters. The first kappa shape index (κ1) is 18.7. The van der Waals surface area contributed by atoms with Crippen molar-refractivity contribution in [2.45, 2.75) is 26.9 Å². The number of carbonyl (C=O) groups is 2. The summed E-state index contributed by atoms with van der Waals surface area (Å²) in [6.07, 6.45) is -0.733. The first-order valence-corrected chi connectivity index (χ1v) is 8.52. The Morgan fingerprint density at radius 3 is 2.48 bits per heavy atom. The fourth-order valence-corrected chi connectivity index (χ4v) is 2.82. The minimum Gasteiger partial charge on any atom is -0.497 e. The first-order valence-electron chi connectivity index (χ1n) is 7.70. The van der Waals surface area contributed by atoms with E-state index in [0.717, 1.165) is 11.3 Å². The number of methoxy groups -OCH3 is 1. The van der Waals surface area contributed by atoms with Gasteiger partial charge < -0.3 is 14.2 Å². The van der Waals surface area contributed by atoms with Crippen molar-refractivity contribution in [3.63, 3.8) is 0 Å². The summed E-state index contributed by atoms with van der Waals surface area (Å²) in [4.78, 5) is 28.6. The second-order valence-corrected chi connectivity index (χ2v) is 6.08. The van der Waals surface area contributed by atoms with E-state index in [4.69, 9.17) is 14.2 Å². The van der Waals surface area contributed by atoms with Crippen LogP contribution in [0.5, 0.6) is 11.5 Å². The highest BCUT2D eigenvalue weighted by Crippen LogP contribution is 2.24. The SMILES string of the molecule is CCOC(=O)c1sc(NC(=O)[C@H](C)Oc2ccc(OC)cc2)nc1C. The number of aromatic nitrogens is 1. The van der Waals surface area contributed by atoms with E-state index >= 15 is 0 Å². The summed E-state index contributed by atoms with van der Waals surface area (Å²) in [5.74, 6) is 0.445. The number of thiazole rings is 1. The summed E-state index contributed by atoms with van der Waals surface area (Å²) >= 11 is 1.07. The molecule has 0 aliphatic rings. The number of benzene rings is 1. The average Bonchev–Trinajstić information content (AvgIpc) is 2.96. The Labute approximate surface area is 149 Å². The number of carbonyl (C=O) groups excluding carboxylic acids is 2. The molecule has 2 aromatic rings. The molecule has 0 bridgehead atoms. The molecule has 0 saturated carbocycles. The van der Waals surface area contributed by atoms with Crippen LogP contribution in [0.2, 0.25) is 0 Å². The lowest BCUT2D eigenvalue weighted by molar-refractivity contribution is -0.122. The van der Waals surface area contributed by atoms with E-state index in [9.17, 15) is 9.59 Å². The molecule has 0 saturated heterocycles. The molecule has 0 unspecified atom stereocenters. The van der Waals surface area contributed by atoms with Gasteiger partial charge in [-0.2, -0.15) is 0 Å². The van der Waals surface area contributed by atoms with Gasteiger partial charge in [-0.3, -0.25) is 10.1 Å². The van der Waals surface area contributed by atoms with Crippen molar-refractivity contribution in [3.8, 4) is 11.5 Å². The van der Waals surface area contributed by atoms with Gasteiger partial charge in [0.1, 0.15) is 16.4 Å². The van der Waals surface area contributed by atoms with Gasteiger partial charge in [0.05, 0.1) is 19.4 Å². The fraction of sp³-hybridized carbons (Fsp3) is 0.353. The number of hydrogen-bond acceptors (Lipinski definition) is 7. The number of rotatable bonds is 7. The van der Waals surface area contributed by atoms with Gasteiger partial charge in [-0.1, -0.05) is 11.3 Å². The number of anilines is 1. The summed E-state index contributed by atoms with van der Waals surface area (Å²) in [7, 11) is 1.58. The van der Waals surface area contributed by atoms with Crippen molar-refractivity contribution in [2.24, 2.45) is 0 Å². The molecule has 0 aliphatic heterocycles. The Balaban J connectivity index is 1.98. The standard InChI is InChI=1S/C17H20N2O5S/c1-5-23-16(21)14-10(2)18-17(25-14)19-15(20)11(3)24-13-8-6-12(22-4)7-9-13/h6-9,11H,5H2,1-4H3,(H,18,19,20)/t11-/m0/s1. The highest BCUT2D eigenvalue weighted by molar-refractivity contribution is 7.17. The molecule has 2 rings (SSSR count). The molecule has 1 heterocycles. The zero-order valence-corrected chi connectivity index (χ0v) is 15.3. The lowest BCUT2D eigenvalue weighted by Crippen LogP contribution is -2.30. The smallest absolute Gasteiger partial charge is 0.350 e. The van der Waals surface area contributed by atoms with Gasteiger partial charge in [-0.15, -0.1) is 0 Å². The van der Waals surface area contributed by atoms with Crippen molar-refractivity contribution in [2.75, 3.05) is 19.0 Å². The molecule has 0 spiro atoms. The average molecular weight is 364 g/mol. The van der Waals surface area contributed by atoms with Crippen molar-refractivity contribution in [1.82, 2.24) is 4.98 Å². The molecule has 0 aliphatic carbocycles. The van der Waals surface area contributed by atoms with Gasteiger partial charge >= 0.3 is 5.97 Å². The minimum absolute atomic E-state index is 0.282. The van der Waals surface area contributed by atoms with Crippen LogP contribution in [-0.4, -0.2) is 36.7 Å². The molecule has 8 heteroatoms. The maximum absolute atomic E-state index is 12.2. The summed E-state index contributed by atoms with van der Waals surface area (Å²) in [5.41, 5.74) is 0.516. The molecule has 7 nitrogen and oxygen atoms in total. The number of nitrogens with one attached hydrogen (secondary N) is 1. The molecular weight excluding hydrogens is 344 g/mol. The lowest BCUT2D eigenvalue weighted by Gasteiger charge is -2.13. The molecule has 1 N–H and O–H groups in total. The second kappa shape index (κ2) is 8.48. The topological polar surface area (TPSA) is 86.8 Å². The normalized spacial score (nSPS) is 11.5. The van der Waals surface area contributed by atoms with Gasteiger partial charge in [0.2, 0.25) is 0 Å². The third-order valence-electron chi connectivity index (χ3n) is 3.23. The van der Waals surface area contributed by atoms with E-state index in [0.29, 0.717) is 27.2 Å². The molecule has 0 fully saturated rings. The van der Waals surface area contributed by atoms with Crippen LogP contribution in [0, 0.1) is 6.92 Å². The van der Waals surface area contributed by atoms with Crippen molar-refractivity contribution < 1.29 is 23.8 Å². The summed E-state index contributed by atoms with van der Waals surface area (Å²) in [5, 5.41) is 2.98. The summed E-state index contributed by atoms with van der Waals surface area (Å²) < 4.78 is 15.6. The Morgan fingerprint density at radius 2 is 1.88 bits per heavy atom. The molecule has 134 valence electrons. The number of aryl methyl sites for hydroxylation is 1. The number of hydrogen-bond donors (Lipinski definition) is 1. The number of esters is 1. The third-order valence-corrected chi connectivity index (χ3v) is 4.28. The van der Waals surface area contributed by atoms with E-state index in [1.165, 1.54) is 0 Å². The quantitative estimate of drug-likeness (QED) is 0.760. The van der Waals surface area contributed by atoms with E-state index in [-0.39, 0.29) is 12.5 Å². The van der Waals surface area contributed by atoms with E-state index in [1.807, 2.05) is 0 Å². The zero-order valence-electron chi connectivity index (χ0n) is 14.5. The molecule has 25 heavy (non-hydrogen) atoms. The van der Waals surface area contributed by atoms with E-state index in [2.05, 4.69) is 10.3 Å². The molecule has 1 aromatic heterocycles. The van der Waals surface area contributed by atoms with Crippen LogP contribution in [0.25, 0.3) is 0 Å². The highest BCUT2D eigenvalue weighted by Gasteiger charge is 2.20. The van der Waals surface area contributed by atoms with Crippen molar-refractivity contribution >= 4 is 28.3 Å². The Morgan fingerprint density at radius 1 is 1.24 bits per heavy atom. The number of ether oxygens (including phenoxy) is 3. The maximum atomic E-state index is 12.2. The number of amides is 1. The fourth-order valence-electron chi connectivity index (χ4n) is 1.95. The van der Waals surface area contributed by atoms with Crippen LogP contribution in [-0.2, 0) is 9.53 Å². The van der Waals surface area contributed by atoms with Gasteiger partial charge in [0.25, 0.3) is 5.91 Å². The van der Waals surface area contributed by atoms with Crippen LogP contribution in [0.4, 0.5) is 5.13 Å². The molecular formula is C17H20N2O5S. The van der Waals surface area contributed by atoms with Crippen molar-refractivity contribution in [1.29, 1.82) is 0 Å². The monoisotopic (exact) mass is 364 g/mol. The van der Waals surface area contributed by atoms with Crippen molar-refractivity contribution in [3.05, 3.63) is 34.8 Å². The zero-order chi connectivity index (χ0) is 18.4. The second-order valence-electron chi connectivity index (χ2n) is 5.08. The van der Waals surface area contributed by atoms with Crippen LogP contribution >= 0.6 is 11.3 Å². The maximum Gasteiger partial charge on any atom is 0.350 e. The van der Waals surface area contributed by atoms with E-state index in [1.54, 1.807) is 52.1 Å². The Bertz CT molecular complexity index is 742. The molecule has 0 radical (unpaired) electrons. The Kier molecular flexibility index (Phi) is 6.35. The van der Waals surface area contributed by atoms with Crippen LogP contribution in [0.15, 0.2) is 24.3 Å². The lowest BCUT2D eigenvalue weighted by atomic mass is 10.3. The molecule has 1 aromatic carbocycles. The van der Waals surface area contributed by atoms with Gasteiger partial charge in [-0.25, -0.2) is 9.78 Å². The summed E-state index contributed by atoms with van der Waals surface area (Å²) in [6, 6.07) is 6.93. The van der Waals surface area contributed by atoms with Gasteiger partial charge in [0.15, 0.2) is 11.2 Å². The van der Waals surface area contributed by atoms with Gasteiger partial charge in [-0.05, 0) is 45.0 Å². The van der Waals surface area contributed by atoms with Gasteiger partial charge in [0, 0.05) is 0 Å². The third kappa shape index (κ3) is 4.93. The predicted molar refractivity (Wildman–Crippen MR) is 94.5 cm³/mol. The number of nitrogens with zero attached hydrogens (tertiary/aromatic N) is 1. The van der Waals surface area contributed by atoms with Crippen LogP contribution < -0.4 is 14.8 Å². The highest BCUT2D eigenvalue weighted by atomic mass is 32.1. The first-order chi connectivity index (χ1) is 11.9. The Hall–Kier alpha value is -2.61. The largest absolute Gasteiger partial charge is 0.497 e. The van der Waals surface area contributed by atoms with Crippen LogP contribution in [0.1, 0.15) is 29.2 Å². The summed E-state index contributed by atoms with van der Waals surface area (Å²) in [6.45, 7) is 5.34. The minimum atomic E-state index is -0.733. The molecule has 1 amide bonds. The van der Waals surface area contributed by atoms with Crippen LogP contribution in [0.3, 0.4) is 0 Å². The van der Waals surface area contributed by atoms with E-state index < -0.39 is 12.1 Å². The predicted octanol–water partition coefficient (Wildman–Crippen LogP) is 3.04.